The van der Waals surface area contributed by atoms with Crippen molar-refractivity contribution in [3.8, 4) is 0 Å². The van der Waals surface area contributed by atoms with Crippen LogP contribution in [0.3, 0.4) is 0 Å². The fraction of sp³-hybridized carbons (Fsp3) is 0.500. The molecule has 1 aliphatic heterocycles. The molecule has 0 unspecified atom stereocenters. The van der Waals surface area contributed by atoms with Crippen molar-refractivity contribution in [2.24, 2.45) is 0 Å². The van der Waals surface area contributed by atoms with Crippen LogP contribution in [-0.4, -0.2) is 29.6 Å². The highest BCUT2D eigenvalue weighted by atomic mass is 16.7. The molecule has 1 aromatic rings. The van der Waals surface area contributed by atoms with E-state index in [0.717, 1.165) is 0 Å². The second-order valence-electron chi connectivity index (χ2n) is 5.41. The Bertz CT molecular complexity index is 472. The van der Waals surface area contributed by atoms with Gasteiger partial charge in [0.2, 0.25) is 0 Å². The minimum absolute atomic E-state index is 0.192. The number of aldehydes is 1. The zero-order valence-electron chi connectivity index (χ0n) is 11.1. The summed E-state index contributed by atoms with van der Waals surface area (Å²) in [6, 6.07) is 1.70. The highest BCUT2D eigenvalue weighted by Crippen LogP contribution is 2.36. The smallest absolute Gasteiger partial charge is 0.399 e. The number of hydrogen-bond donors (Lipinski definition) is 1. The van der Waals surface area contributed by atoms with Crippen LogP contribution in [0.2, 0.25) is 0 Å². The van der Waals surface area contributed by atoms with E-state index in [9.17, 15) is 4.79 Å². The van der Waals surface area contributed by atoms with Gasteiger partial charge in [-0.2, -0.15) is 0 Å². The Hall–Kier alpha value is -1.40. The van der Waals surface area contributed by atoms with Crippen molar-refractivity contribution < 1.29 is 14.1 Å². The number of nitrogen functional groups attached to an aromatic ring is 1. The van der Waals surface area contributed by atoms with Crippen LogP contribution < -0.4 is 11.2 Å². The summed E-state index contributed by atoms with van der Waals surface area (Å²) in [6.07, 6.45) is 2.23. The van der Waals surface area contributed by atoms with Gasteiger partial charge in [-0.1, -0.05) is 0 Å². The van der Waals surface area contributed by atoms with Gasteiger partial charge in [-0.3, -0.25) is 4.79 Å². The molecule has 1 aliphatic rings. The zero-order chi connectivity index (χ0) is 13.6. The van der Waals surface area contributed by atoms with Crippen molar-refractivity contribution in [1.82, 2.24) is 4.98 Å². The summed E-state index contributed by atoms with van der Waals surface area (Å²) in [6.45, 7) is 7.83. The molecule has 0 aliphatic carbocycles. The van der Waals surface area contributed by atoms with E-state index in [-0.39, 0.29) is 5.82 Å². The molecular formula is C12H17BN2O3. The minimum Gasteiger partial charge on any atom is -0.399 e. The molecule has 1 aromatic heterocycles. The molecule has 0 aromatic carbocycles. The maximum absolute atomic E-state index is 11.1. The van der Waals surface area contributed by atoms with E-state index in [4.69, 9.17) is 15.0 Å². The number of rotatable bonds is 2. The Morgan fingerprint density at radius 2 is 1.83 bits per heavy atom. The first-order valence-corrected chi connectivity index (χ1v) is 5.84. The molecule has 0 spiro atoms. The summed E-state index contributed by atoms with van der Waals surface area (Å²) in [5.74, 6) is 0.192. The quantitative estimate of drug-likeness (QED) is 0.618. The van der Waals surface area contributed by atoms with Crippen molar-refractivity contribution in [2.45, 2.75) is 38.9 Å². The van der Waals surface area contributed by atoms with E-state index in [1.807, 2.05) is 27.7 Å². The molecular weight excluding hydrogens is 231 g/mol. The standard InChI is InChI=1S/C12H17BN2O3/c1-11(2)12(3,4)18-13(17-11)9-5-6-15-10(14)8(9)7-16/h5-7H,1-4H3,(H2,14,15). The lowest BCUT2D eigenvalue weighted by Gasteiger charge is -2.32. The van der Waals surface area contributed by atoms with Gasteiger partial charge in [-0.15, -0.1) is 0 Å². The lowest BCUT2D eigenvalue weighted by atomic mass is 9.76. The number of nitrogens with two attached hydrogens (primary N) is 1. The molecule has 6 heteroatoms. The van der Waals surface area contributed by atoms with E-state index >= 15 is 0 Å². The van der Waals surface area contributed by atoms with Crippen LogP contribution in [0.15, 0.2) is 12.3 Å². The van der Waals surface area contributed by atoms with Crippen LogP contribution >= 0.6 is 0 Å². The molecule has 0 amide bonds. The third kappa shape index (κ3) is 1.91. The number of anilines is 1. The SMILES string of the molecule is CC1(C)OB(c2ccnc(N)c2C=O)OC1(C)C. The summed E-state index contributed by atoms with van der Waals surface area (Å²) in [7, 11) is -0.597. The Morgan fingerprint density at radius 1 is 1.28 bits per heavy atom. The average Bonchev–Trinajstić information content (AvgIpc) is 2.47. The van der Waals surface area contributed by atoms with Crippen LogP contribution in [0.25, 0.3) is 0 Å². The zero-order valence-corrected chi connectivity index (χ0v) is 11.1. The Balaban J connectivity index is 2.41. The van der Waals surface area contributed by atoms with Crippen LogP contribution in [-0.2, 0) is 9.31 Å². The third-order valence-corrected chi connectivity index (χ3v) is 3.68. The predicted octanol–water partition coefficient (Wildman–Crippen LogP) is 0.775. The first kappa shape index (κ1) is 13.0. The Morgan fingerprint density at radius 3 is 2.33 bits per heavy atom. The van der Waals surface area contributed by atoms with Gasteiger partial charge in [0, 0.05) is 6.20 Å². The molecule has 96 valence electrons. The molecule has 0 atom stereocenters. The van der Waals surface area contributed by atoms with Crippen LogP contribution in [0.4, 0.5) is 5.82 Å². The van der Waals surface area contributed by atoms with Gasteiger partial charge in [0.05, 0.1) is 16.8 Å². The van der Waals surface area contributed by atoms with E-state index in [2.05, 4.69) is 4.98 Å². The highest BCUT2D eigenvalue weighted by Gasteiger charge is 2.52. The van der Waals surface area contributed by atoms with Crippen LogP contribution in [0.1, 0.15) is 38.1 Å². The topological polar surface area (TPSA) is 74.4 Å². The third-order valence-electron chi connectivity index (χ3n) is 3.68. The second-order valence-corrected chi connectivity index (χ2v) is 5.41. The van der Waals surface area contributed by atoms with Crippen molar-refractivity contribution >= 4 is 24.7 Å². The van der Waals surface area contributed by atoms with Crippen molar-refractivity contribution in [3.63, 3.8) is 0 Å². The predicted molar refractivity (Wildman–Crippen MR) is 69.8 cm³/mol. The van der Waals surface area contributed by atoms with Crippen LogP contribution in [0.5, 0.6) is 0 Å². The number of carbonyl (C=O) groups is 1. The lowest BCUT2D eigenvalue weighted by molar-refractivity contribution is 0.00578. The number of aromatic nitrogens is 1. The molecule has 0 radical (unpaired) electrons. The molecule has 2 N–H and O–H groups in total. The van der Waals surface area contributed by atoms with Gasteiger partial charge in [0.1, 0.15) is 5.82 Å². The molecule has 5 nitrogen and oxygen atoms in total. The molecule has 0 saturated carbocycles. The first-order chi connectivity index (χ1) is 8.28. The largest absolute Gasteiger partial charge is 0.495 e. The van der Waals surface area contributed by atoms with E-state index < -0.39 is 18.3 Å². The molecule has 2 heterocycles. The Kier molecular flexibility index (Phi) is 2.95. The van der Waals surface area contributed by atoms with Gasteiger partial charge >= 0.3 is 7.12 Å². The summed E-state index contributed by atoms with van der Waals surface area (Å²) in [5.41, 5.74) is 5.74. The summed E-state index contributed by atoms with van der Waals surface area (Å²) in [4.78, 5) is 15.0. The lowest BCUT2D eigenvalue weighted by Crippen LogP contribution is -2.41. The normalized spacial score (nSPS) is 21.0. The van der Waals surface area contributed by atoms with E-state index in [1.165, 1.54) is 0 Å². The second kappa shape index (κ2) is 4.07. The maximum Gasteiger partial charge on any atom is 0.495 e. The van der Waals surface area contributed by atoms with Gasteiger partial charge in [0.15, 0.2) is 6.29 Å². The maximum atomic E-state index is 11.1. The minimum atomic E-state index is -0.597. The van der Waals surface area contributed by atoms with Crippen molar-refractivity contribution in [2.75, 3.05) is 5.73 Å². The van der Waals surface area contributed by atoms with Gasteiger partial charge in [0.25, 0.3) is 0 Å². The average molecular weight is 248 g/mol. The molecule has 0 bridgehead atoms. The van der Waals surface area contributed by atoms with Gasteiger partial charge in [-0.25, -0.2) is 4.98 Å². The molecule has 1 saturated heterocycles. The molecule has 2 rings (SSSR count). The van der Waals surface area contributed by atoms with Gasteiger partial charge in [-0.05, 0) is 39.2 Å². The van der Waals surface area contributed by atoms with E-state index in [0.29, 0.717) is 17.3 Å². The Labute approximate surface area is 107 Å². The van der Waals surface area contributed by atoms with Crippen molar-refractivity contribution in [1.29, 1.82) is 0 Å². The highest BCUT2D eigenvalue weighted by molar-refractivity contribution is 6.63. The van der Waals surface area contributed by atoms with Gasteiger partial charge < -0.3 is 15.0 Å². The van der Waals surface area contributed by atoms with E-state index in [1.54, 1.807) is 12.3 Å². The summed E-state index contributed by atoms with van der Waals surface area (Å²) >= 11 is 0. The fourth-order valence-electron chi connectivity index (χ4n) is 1.81. The first-order valence-electron chi connectivity index (χ1n) is 5.84. The summed E-state index contributed by atoms with van der Waals surface area (Å²) in [5, 5.41) is 0. The summed E-state index contributed by atoms with van der Waals surface area (Å²) < 4.78 is 11.8. The number of nitrogens with zero attached hydrogens (tertiary/aromatic N) is 1. The monoisotopic (exact) mass is 248 g/mol. The fourth-order valence-corrected chi connectivity index (χ4v) is 1.81. The van der Waals surface area contributed by atoms with Crippen LogP contribution in [0, 0.1) is 0 Å². The number of pyridine rings is 1. The number of hydrogen-bond acceptors (Lipinski definition) is 5. The number of carbonyl (C=O) groups excluding carboxylic acids is 1. The van der Waals surface area contributed by atoms with Crippen molar-refractivity contribution in [3.05, 3.63) is 17.8 Å². The molecule has 1 fully saturated rings. The molecule has 18 heavy (non-hydrogen) atoms.